The highest BCUT2D eigenvalue weighted by molar-refractivity contribution is 6.30. The second-order valence-electron chi connectivity index (χ2n) is 5.67. The molecule has 0 atom stereocenters. The molecule has 0 aliphatic carbocycles. The van der Waals surface area contributed by atoms with Gasteiger partial charge in [-0.05, 0) is 36.4 Å². The van der Waals surface area contributed by atoms with Gasteiger partial charge in [-0.15, -0.1) is 0 Å². The first-order chi connectivity index (χ1) is 12.9. The molecule has 1 N–H and O–H groups in total. The van der Waals surface area contributed by atoms with Crippen molar-refractivity contribution in [1.82, 2.24) is 9.78 Å². The summed E-state index contributed by atoms with van der Waals surface area (Å²) in [4.78, 5) is 22.6. The monoisotopic (exact) mass is 388 g/mol. The molecular formula is C19H14ClFN2O4. The molecule has 0 aliphatic heterocycles. The lowest BCUT2D eigenvalue weighted by atomic mass is 10.1. The number of hydrogen-bond donors (Lipinski definition) is 1. The van der Waals surface area contributed by atoms with Crippen LogP contribution in [0, 0.1) is 5.82 Å². The smallest absolute Gasteiger partial charge is 0.335 e. The third-order valence-corrected chi connectivity index (χ3v) is 4.18. The van der Waals surface area contributed by atoms with Gasteiger partial charge in [-0.3, -0.25) is 4.68 Å². The van der Waals surface area contributed by atoms with E-state index in [1.54, 1.807) is 12.1 Å². The standard InChI is InChI=1S/C19H14ClFN2O4/c1-27-18(24)7-6-16-14-5-3-11(19(25)26)8-17(14)23(22-16)10-12-2-4-13(20)9-15(12)21/h2-9H,10H2,1H3,(H,25,26)/b7-6+. The maximum atomic E-state index is 14.2. The van der Waals surface area contributed by atoms with Crippen molar-refractivity contribution in [3.63, 3.8) is 0 Å². The summed E-state index contributed by atoms with van der Waals surface area (Å²) < 4.78 is 20.2. The van der Waals surface area contributed by atoms with Crippen LogP contribution in [0.3, 0.4) is 0 Å². The van der Waals surface area contributed by atoms with Gasteiger partial charge in [0.05, 0.1) is 30.4 Å². The topological polar surface area (TPSA) is 81.4 Å². The van der Waals surface area contributed by atoms with E-state index in [1.807, 2.05) is 0 Å². The number of nitrogens with zero attached hydrogens (tertiary/aromatic N) is 2. The number of carbonyl (C=O) groups excluding carboxylic acids is 1. The number of aromatic nitrogens is 2. The molecule has 3 rings (SSSR count). The molecule has 1 aromatic heterocycles. The van der Waals surface area contributed by atoms with Gasteiger partial charge in [0.1, 0.15) is 5.82 Å². The van der Waals surface area contributed by atoms with Crippen molar-refractivity contribution in [2.24, 2.45) is 0 Å². The van der Waals surface area contributed by atoms with E-state index in [4.69, 9.17) is 11.6 Å². The quantitative estimate of drug-likeness (QED) is 0.531. The molecule has 1 heterocycles. The van der Waals surface area contributed by atoms with Gasteiger partial charge in [0.15, 0.2) is 0 Å². The van der Waals surface area contributed by atoms with Crippen molar-refractivity contribution in [3.8, 4) is 0 Å². The Kier molecular flexibility index (Phi) is 5.23. The lowest BCUT2D eigenvalue weighted by Crippen LogP contribution is -2.05. The van der Waals surface area contributed by atoms with Crippen molar-refractivity contribution < 1.29 is 23.8 Å². The van der Waals surface area contributed by atoms with Crippen LogP contribution < -0.4 is 0 Å². The molecule has 0 amide bonds. The fraction of sp³-hybridized carbons (Fsp3) is 0.105. The Hall–Kier alpha value is -3.19. The van der Waals surface area contributed by atoms with Crippen LogP contribution in [-0.2, 0) is 16.1 Å². The number of rotatable bonds is 5. The minimum atomic E-state index is -1.09. The number of ether oxygens (including phenoxy) is 1. The number of esters is 1. The van der Waals surface area contributed by atoms with Gasteiger partial charge >= 0.3 is 11.9 Å². The van der Waals surface area contributed by atoms with E-state index < -0.39 is 17.8 Å². The number of aromatic carboxylic acids is 1. The van der Waals surface area contributed by atoms with Crippen molar-refractivity contribution in [2.75, 3.05) is 7.11 Å². The molecule has 8 heteroatoms. The van der Waals surface area contributed by atoms with E-state index in [1.165, 1.54) is 48.2 Å². The lowest BCUT2D eigenvalue weighted by Gasteiger charge is -2.06. The summed E-state index contributed by atoms with van der Waals surface area (Å²) in [5.74, 6) is -2.13. The Balaban J connectivity index is 2.11. The second-order valence-corrected chi connectivity index (χ2v) is 6.11. The van der Waals surface area contributed by atoms with E-state index in [-0.39, 0.29) is 17.1 Å². The SMILES string of the molecule is COC(=O)/C=C/c1nn(Cc2ccc(Cl)cc2F)c2cc(C(=O)O)ccc12. The van der Waals surface area contributed by atoms with Crippen molar-refractivity contribution in [2.45, 2.75) is 6.54 Å². The molecule has 0 radical (unpaired) electrons. The first-order valence-electron chi connectivity index (χ1n) is 7.83. The van der Waals surface area contributed by atoms with Crippen molar-refractivity contribution in [3.05, 3.63) is 70.1 Å². The first kappa shape index (κ1) is 18.6. The number of methoxy groups -OCH3 is 1. The molecule has 0 spiro atoms. The molecule has 0 saturated heterocycles. The zero-order valence-electron chi connectivity index (χ0n) is 14.1. The zero-order chi connectivity index (χ0) is 19.6. The third kappa shape index (κ3) is 3.98. The highest BCUT2D eigenvalue weighted by Gasteiger charge is 2.14. The Morgan fingerprint density at radius 1 is 1.30 bits per heavy atom. The molecule has 0 saturated carbocycles. The normalized spacial score (nSPS) is 11.2. The number of halogens is 2. The second kappa shape index (κ2) is 7.59. The Bertz CT molecular complexity index is 1080. The number of carboxylic acid groups (broad SMARTS) is 1. The zero-order valence-corrected chi connectivity index (χ0v) is 14.9. The molecule has 0 bridgehead atoms. The maximum Gasteiger partial charge on any atom is 0.335 e. The van der Waals surface area contributed by atoms with Gasteiger partial charge in [-0.25, -0.2) is 14.0 Å². The van der Waals surface area contributed by atoms with E-state index in [2.05, 4.69) is 9.84 Å². The average Bonchev–Trinajstić information content (AvgIpc) is 2.99. The van der Waals surface area contributed by atoms with E-state index >= 15 is 0 Å². The number of hydrogen-bond acceptors (Lipinski definition) is 4. The average molecular weight is 389 g/mol. The van der Waals surface area contributed by atoms with Crippen LogP contribution in [0.5, 0.6) is 0 Å². The van der Waals surface area contributed by atoms with Crippen molar-refractivity contribution in [1.29, 1.82) is 0 Å². The third-order valence-electron chi connectivity index (χ3n) is 3.94. The predicted molar refractivity (Wildman–Crippen MR) is 98.3 cm³/mol. The van der Waals surface area contributed by atoms with E-state index in [9.17, 15) is 19.1 Å². The summed E-state index contributed by atoms with van der Waals surface area (Å²) in [6.45, 7) is 0.0641. The maximum absolute atomic E-state index is 14.2. The first-order valence-corrected chi connectivity index (χ1v) is 8.20. The highest BCUT2D eigenvalue weighted by Crippen LogP contribution is 2.24. The Morgan fingerprint density at radius 3 is 2.74 bits per heavy atom. The van der Waals surface area contributed by atoms with Crippen LogP contribution in [0.1, 0.15) is 21.6 Å². The predicted octanol–water partition coefficient (Wildman–Crippen LogP) is 3.76. The molecule has 3 aromatic rings. The van der Waals surface area contributed by atoms with Gasteiger partial charge in [0, 0.05) is 22.0 Å². The van der Waals surface area contributed by atoms with E-state index in [0.717, 1.165) is 0 Å². The summed E-state index contributed by atoms with van der Waals surface area (Å²) in [6, 6.07) is 8.78. The molecular weight excluding hydrogens is 375 g/mol. The fourth-order valence-electron chi connectivity index (χ4n) is 2.60. The van der Waals surface area contributed by atoms with Crippen LogP contribution in [0.4, 0.5) is 4.39 Å². The number of carboxylic acids is 1. The molecule has 0 aliphatic rings. The fourth-order valence-corrected chi connectivity index (χ4v) is 2.76. The molecule has 2 aromatic carbocycles. The minimum Gasteiger partial charge on any atom is -0.478 e. The van der Waals surface area contributed by atoms with Crippen LogP contribution in [0.2, 0.25) is 5.02 Å². The largest absolute Gasteiger partial charge is 0.478 e. The summed E-state index contributed by atoms with van der Waals surface area (Å²) >= 11 is 5.78. The van der Waals surface area contributed by atoms with Crippen LogP contribution in [0.25, 0.3) is 17.0 Å². The van der Waals surface area contributed by atoms with Gasteiger partial charge in [-0.2, -0.15) is 5.10 Å². The molecule has 6 nitrogen and oxygen atoms in total. The molecule has 0 unspecified atom stereocenters. The number of benzene rings is 2. The number of carbonyl (C=O) groups is 2. The Morgan fingerprint density at radius 2 is 2.07 bits per heavy atom. The summed E-state index contributed by atoms with van der Waals surface area (Å²) in [7, 11) is 1.26. The van der Waals surface area contributed by atoms with Gasteiger partial charge < -0.3 is 9.84 Å². The van der Waals surface area contributed by atoms with Crippen LogP contribution in [0.15, 0.2) is 42.5 Å². The summed E-state index contributed by atoms with van der Waals surface area (Å²) in [5, 5.41) is 14.5. The van der Waals surface area contributed by atoms with Crippen LogP contribution >= 0.6 is 11.6 Å². The highest BCUT2D eigenvalue weighted by atomic mass is 35.5. The van der Waals surface area contributed by atoms with Gasteiger partial charge in [-0.1, -0.05) is 17.7 Å². The molecule has 27 heavy (non-hydrogen) atoms. The molecule has 138 valence electrons. The van der Waals surface area contributed by atoms with Crippen molar-refractivity contribution >= 4 is 40.5 Å². The summed E-state index contributed by atoms with van der Waals surface area (Å²) in [6.07, 6.45) is 2.67. The number of fused-ring (bicyclic) bond motifs is 1. The summed E-state index contributed by atoms with van der Waals surface area (Å²) in [5.41, 5.74) is 1.34. The molecule has 0 fully saturated rings. The van der Waals surface area contributed by atoms with Gasteiger partial charge in [0.25, 0.3) is 0 Å². The lowest BCUT2D eigenvalue weighted by molar-refractivity contribution is -0.134. The van der Waals surface area contributed by atoms with Gasteiger partial charge in [0.2, 0.25) is 0 Å². The van der Waals surface area contributed by atoms with E-state index in [0.29, 0.717) is 22.2 Å². The van der Waals surface area contributed by atoms with Crippen LogP contribution in [-0.4, -0.2) is 33.9 Å². The Labute approximate surface area is 158 Å². The minimum absolute atomic E-state index is 0.0641.